The lowest BCUT2D eigenvalue weighted by Crippen LogP contribution is -2.53. The quantitative estimate of drug-likeness (QED) is 0.649. The van der Waals surface area contributed by atoms with E-state index in [1.807, 2.05) is 0 Å². The largest absolute Gasteiger partial charge is 0.497 e. The highest BCUT2D eigenvalue weighted by atomic mass is 16.5. The van der Waals surface area contributed by atoms with Crippen molar-refractivity contribution >= 4 is 23.9 Å². The SMILES string of the molecule is COc1ccc(CN2C(=O)NC(=O)/C(=C/c3ccccc3OC)C2=O)cc1. The summed E-state index contributed by atoms with van der Waals surface area (Å²) in [7, 11) is 3.05. The molecule has 1 aliphatic heterocycles. The number of amides is 4. The number of barbiturate groups is 1. The fourth-order valence-electron chi connectivity index (χ4n) is 2.69. The Hall–Kier alpha value is -3.61. The van der Waals surface area contributed by atoms with Gasteiger partial charge >= 0.3 is 6.03 Å². The number of nitrogens with zero attached hydrogens (tertiary/aromatic N) is 1. The summed E-state index contributed by atoms with van der Waals surface area (Å²) in [5, 5.41) is 2.20. The third-order valence-electron chi connectivity index (χ3n) is 4.12. The van der Waals surface area contributed by atoms with Crippen molar-refractivity contribution in [1.82, 2.24) is 10.2 Å². The standard InChI is InChI=1S/C20H18N2O5/c1-26-15-9-7-13(8-10-15)12-22-19(24)16(18(23)21-20(22)25)11-14-5-3-4-6-17(14)27-2/h3-11H,12H2,1-2H3,(H,21,23,25)/b16-11-. The van der Waals surface area contributed by atoms with E-state index in [0.29, 0.717) is 17.1 Å². The number of carbonyl (C=O) groups is 3. The average Bonchev–Trinajstić information content (AvgIpc) is 2.69. The van der Waals surface area contributed by atoms with E-state index in [4.69, 9.17) is 9.47 Å². The van der Waals surface area contributed by atoms with Crippen molar-refractivity contribution < 1.29 is 23.9 Å². The molecule has 4 amide bonds. The van der Waals surface area contributed by atoms with Gasteiger partial charge in [0.15, 0.2) is 0 Å². The number of methoxy groups -OCH3 is 2. The Morgan fingerprint density at radius 1 is 0.963 bits per heavy atom. The van der Waals surface area contributed by atoms with Gasteiger partial charge in [0.2, 0.25) is 0 Å². The van der Waals surface area contributed by atoms with Crippen LogP contribution in [0.15, 0.2) is 54.1 Å². The van der Waals surface area contributed by atoms with Crippen LogP contribution in [0.1, 0.15) is 11.1 Å². The lowest BCUT2D eigenvalue weighted by Gasteiger charge is -2.26. The predicted octanol–water partition coefficient (Wildman–Crippen LogP) is 2.37. The van der Waals surface area contributed by atoms with Crippen LogP contribution in [0, 0.1) is 0 Å². The molecule has 0 unspecified atom stereocenters. The molecule has 2 aromatic rings. The number of ether oxygens (including phenoxy) is 2. The molecule has 1 fully saturated rings. The third-order valence-corrected chi connectivity index (χ3v) is 4.12. The molecule has 3 rings (SSSR count). The number of rotatable bonds is 5. The molecule has 1 saturated heterocycles. The molecule has 1 aliphatic rings. The molecule has 1 N–H and O–H groups in total. The van der Waals surface area contributed by atoms with E-state index >= 15 is 0 Å². The summed E-state index contributed by atoms with van der Waals surface area (Å²) in [5.74, 6) is -0.211. The molecule has 138 valence electrons. The van der Waals surface area contributed by atoms with Gasteiger partial charge in [-0.2, -0.15) is 0 Å². The summed E-state index contributed by atoms with van der Waals surface area (Å²) in [4.78, 5) is 38.1. The molecule has 0 spiro atoms. The van der Waals surface area contributed by atoms with E-state index < -0.39 is 17.8 Å². The number of imide groups is 2. The minimum Gasteiger partial charge on any atom is -0.497 e. The molecule has 1 heterocycles. The molecular formula is C20H18N2O5. The summed E-state index contributed by atoms with van der Waals surface area (Å²) >= 11 is 0. The first kappa shape index (κ1) is 18.2. The first-order valence-corrected chi connectivity index (χ1v) is 8.18. The molecule has 0 aromatic heterocycles. The Balaban J connectivity index is 1.90. The fraction of sp³-hybridized carbons (Fsp3) is 0.150. The van der Waals surface area contributed by atoms with E-state index in [0.717, 1.165) is 10.5 Å². The molecule has 0 saturated carbocycles. The first-order chi connectivity index (χ1) is 13.0. The summed E-state index contributed by atoms with van der Waals surface area (Å²) in [6, 6.07) is 13.2. The normalized spacial score (nSPS) is 15.7. The van der Waals surface area contributed by atoms with Crippen LogP contribution < -0.4 is 14.8 Å². The van der Waals surface area contributed by atoms with Crippen molar-refractivity contribution in [2.24, 2.45) is 0 Å². The zero-order chi connectivity index (χ0) is 19.4. The van der Waals surface area contributed by atoms with Crippen molar-refractivity contribution in [2.75, 3.05) is 14.2 Å². The summed E-state index contributed by atoms with van der Waals surface area (Å²) in [6.45, 7) is 0.0329. The van der Waals surface area contributed by atoms with Gasteiger partial charge in [0, 0.05) is 5.56 Å². The van der Waals surface area contributed by atoms with Crippen LogP contribution >= 0.6 is 0 Å². The number of nitrogens with one attached hydrogen (secondary N) is 1. The Bertz CT molecular complexity index is 918. The van der Waals surface area contributed by atoms with Crippen LogP contribution in [0.2, 0.25) is 0 Å². The minimum atomic E-state index is -0.752. The smallest absolute Gasteiger partial charge is 0.331 e. The van der Waals surface area contributed by atoms with E-state index in [-0.39, 0.29) is 12.1 Å². The highest BCUT2D eigenvalue weighted by Gasteiger charge is 2.35. The molecule has 27 heavy (non-hydrogen) atoms. The number of hydrogen-bond donors (Lipinski definition) is 1. The van der Waals surface area contributed by atoms with Gasteiger partial charge in [0.25, 0.3) is 11.8 Å². The van der Waals surface area contributed by atoms with E-state index in [1.54, 1.807) is 55.6 Å². The second-order valence-electron chi connectivity index (χ2n) is 5.80. The number of para-hydroxylation sites is 1. The molecule has 7 heteroatoms. The maximum absolute atomic E-state index is 12.8. The number of benzene rings is 2. The molecule has 7 nitrogen and oxygen atoms in total. The van der Waals surface area contributed by atoms with E-state index in [2.05, 4.69) is 5.32 Å². The second-order valence-corrected chi connectivity index (χ2v) is 5.80. The van der Waals surface area contributed by atoms with Gasteiger partial charge in [-0.25, -0.2) is 4.79 Å². The van der Waals surface area contributed by atoms with Crippen LogP contribution in [-0.2, 0) is 16.1 Å². The van der Waals surface area contributed by atoms with Crippen LogP contribution in [0.4, 0.5) is 4.79 Å². The Morgan fingerprint density at radius 2 is 1.67 bits per heavy atom. The lowest BCUT2D eigenvalue weighted by atomic mass is 10.1. The van der Waals surface area contributed by atoms with Crippen molar-refractivity contribution in [3.8, 4) is 11.5 Å². The van der Waals surface area contributed by atoms with Crippen molar-refractivity contribution in [2.45, 2.75) is 6.54 Å². The maximum atomic E-state index is 12.8. The molecule has 0 atom stereocenters. The highest BCUT2D eigenvalue weighted by Crippen LogP contribution is 2.23. The number of urea groups is 1. The molecule has 0 aliphatic carbocycles. The topological polar surface area (TPSA) is 84.9 Å². The predicted molar refractivity (Wildman–Crippen MR) is 98.1 cm³/mol. The third kappa shape index (κ3) is 3.82. The van der Waals surface area contributed by atoms with Crippen molar-refractivity contribution in [3.63, 3.8) is 0 Å². The van der Waals surface area contributed by atoms with Gasteiger partial charge in [0.1, 0.15) is 17.1 Å². The zero-order valence-electron chi connectivity index (χ0n) is 14.9. The summed E-state index contributed by atoms with van der Waals surface area (Å²) < 4.78 is 10.3. The molecule has 0 radical (unpaired) electrons. The van der Waals surface area contributed by atoms with Gasteiger partial charge in [-0.3, -0.25) is 19.8 Å². The van der Waals surface area contributed by atoms with Gasteiger partial charge in [0.05, 0.1) is 20.8 Å². The van der Waals surface area contributed by atoms with Gasteiger partial charge in [-0.05, 0) is 29.8 Å². The van der Waals surface area contributed by atoms with Crippen molar-refractivity contribution in [3.05, 3.63) is 65.2 Å². The Morgan fingerprint density at radius 3 is 2.33 bits per heavy atom. The van der Waals surface area contributed by atoms with Crippen molar-refractivity contribution in [1.29, 1.82) is 0 Å². The fourth-order valence-corrected chi connectivity index (χ4v) is 2.69. The van der Waals surface area contributed by atoms with Crippen LogP contribution in [0.3, 0.4) is 0 Å². The van der Waals surface area contributed by atoms with E-state index in [1.165, 1.54) is 13.2 Å². The Labute approximate surface area is 156 Å². The number of hydrogen-bond acceptors (Lipinski definition) is 5. The second kappa shape index (κ2) is 7.74. The monoisotopic (exact) mass is 366 g/mol. The van der Waals surface area contributed by atoms with Crippen LogP contribution in [0.25, 0.3) is 6.08 Å². The van der Waals surface area contributed by atoms with E-state index in [9.17, 15) is 14.4 Å². The number of carbonyl (C=O) groups excluding carboxylic acids is 3. The highest BCUT2D eigenvalue weighted by molar-refractivity contribution is 6.31. The van der Waals surface area contributed by atoms with Gasteiger partial charge < -0.3 is 9.47 Å². The van der Waals surface area contributed by atoms with Gasteiger partial charge in [-0.15, -0.1) is 0 Å². The first-order valence-electron chi connectivity index (χ1n) is 8.18. The van der Waals surface area contributed by atoms with Crippen LogP contribution in [0.5, 0.6) is 11.5 Å². The Kier molecular flexibility index (Phi) is 5.21. The molecule has 0 bridgehead atoms. The summed E-state index contributed by atoms with van der Waals surface area (Å²) in [6.07, 6.45) is 1.42. The average molecular weight is 366 g/mol. The molecule has 2 aromatic carbocycles. The lowest BCUT2D eigenvalue weighted by molar-refractivity contribution is -0.130. The summed E-state index contributed by atoms with van der Waals surface area (Å²) in [5.41, 5.74) is 1.16. The van der Waals surface area contributed by atoms with Gasteiger partial charge in [-0.1, -0.05) is 30.3 Å². The van der Waals surface area contributed by atoms with Crippen LogP contribution in [-0.4, -0.2) is 37.0 Å². The minimum absolute atomic E-state index is 0.0329. The zero-order valence-corrected chi connectivity index (χ0v) is 14.9. The maximum Gasteiger partial charge on any atom is 0.331 e. The molecular weight excluding hydrogens is 348 g/mol.